The van der Waals surface area contributed by atoms with Gasteiger partial charge in [-0.2, -0.15) is 0 Å². The molecular weight excluding hydrogens is 366 g/mol. The summed E-state index contributed by atoms with van der Waals surface area (Å²) in [6.07, 6.45) is 1.07. The lowest BCUT2D eigenvalue weighted by Gasteiger charge is -2.08. The highest BCUT2D eigenvalue weighted by atomic mass is 32.2. The monoisotopic (exact) mass is 383 g/mol. The van der Waals surface area contributed by atoms with E-state index in [4.69, 9.17) is 4.74 Å². The average Bonchev–Trinajstić information content (AvgIpc) is 2.67. The van der Waals surface area contributed by atoms with E-state index in [0.717, 1.165) is 6.26 Å². The SMILES string of the molecule is COc1cccc(C(=O)Nc2cccc(-c3ccc(S(C)(=O)=O)nn3)c2)c1. The zero-order valence-electron chi connectivity index (χ0n) is 14.7. The predicted octanol–water partition coefficient (Wildman–Crippen LogP) is 2.81. The number of hydrogen-bond acceptors (Lipinski definition) is 6. The molecule has 1 amide bonds. The Bertz CT molecular complexity index is 1080. The summed E-state index contributed by atoms with van der Waals surface area (Å²) in [6, 6.07) is 16.9. The Hall–Kier alpha value is -3.26. The molecule has 1 heterocycles. The fourth-order valence-corrected chi connectivity index (χ4v) is 2.90. The van der Waals surface area contributed by atoms with Gasteiger partial charge >= 0.3 is 0 Å². The number of carbonyl (C=O) groups excluding carboxylic acids is 1. The topological polar surface area (TPSA) is 98.2 Å². The Morgan fingerprint density at radius 3 is 2.44 bits per heavy atom. The molecule has 0 radical (unpaired) electrons. The van der Waals surface area contributed by atoms with E-state index in [1.54, 1.807) is 54.6 Å². The third-order valence-corrected chi connectivity index (χ3v) is 4.75. The van der Waals surface area contributed by atoms with Gasteiger partial charge in [0.2, 0.25) is 0 Å². The second-order valence-corrected chi connectivity index (χ2v) is 7.76. The zero-order chi connectivity index (χ0) is 19.4. The summed E-state index contributed by atoms with van der Waals surface area (Å²) in [6.45, 7) is 0. The molecule has 0 saturated carbocycles. The van der Waals surface area contributed by atoms with E-state index >= 15 is 0 Å². The molecular formula is C19H17N3O4S. The van der Waals surface area contributed by atoms with Crippen molar-refractivity contribution in [2.45, 2.75) is 5.03 Å². The van der Waals surface area contributed by atoms with Crippen molar-refractivity contribution in [3.05, 3.63) is 66.2 Å². The number of anilines is 1. The molecule has 0 atom stereocenters. The van der Waals surface area contributed by atoms with E-state index in [1.165, 1.54) is 13.2 Å². The molecule has 0 unspecified atom stereocenters. The van der Waals surface area contributed by atoms with E-state index in [0.29, 0.717) is 28.3 Å². The van der Waals surface area contributed by atoms with Crippen molar-refractivity contribution in [2.24, 2.45) is 0 Å². The summed E-state index contributed by atoms with van der Waals surface area (Å²) in [7, 11) is -1.86. The molecule has 0 aliphatic heterocycles. The number of carbonyl (C=O) groups is 1. The van der Waals surface area contributed by atoms with Crippen molar-refractivity contribution < 1.29 is 17.9 Å². The number of ether oxygens (including phenoxy) is 1. The molecule has 1 N–H and O–H groups in total. The van der Waals surface area contributed by atoms with Crippen molar-refractivity contribution in [3.63, 3.8) is 0 Å². The Morgan fingerprint density at radius 2 is 1.78 bits per heavy atom. The van der Waals surface area contributed by atoms with Crippen molar-refractivity contribution in [2.75, 3.05) is 18.7 Å². The van der Waals surface area contributed by atoms with E-state index in [1.807, 2.05) is 0 Å². The van der Waals surface area contributed by atoms with Gasteiger partial charge in [0.05, 0.1) is 12.8 Å². The van der Waals surface area contributed by atoms with E-state index < -0.39 is 9.84 Å². The average molecular weight is 383 g/mol. The number of aromatic nitrogens is 2. The number of nitrogens with one attached hydrogen (secondary N) is 1. The van der Waals surface area contributed by atoms with Crippen LogP contribution in [-0.2, 0) is 9.84 Å². The molecule has 1 aromatic heterocycles. The van der Waals surface area contributed by atoms with Crippen LogP contribution in [0, 0.1) is 0 Å². The Balaban J connectivity index is 1.82. The summed E-state index contributed by atoms with van der Waals surface area (Å²) in [4.78, 5) is 12.4. The molecule has 0 saturated heterocycles. The highest BCUT2D eigenvalue weighted by Gasteiger charge is 2.11. The van der Waals surface area contributed by atoms with Gasteiger partial charge in [-0.15, -0.1) is 10.2 Å². The van der Waals surface area contributed by atoms with E-state index in [2.05, 4.69) is 15.5 Å². The molecule has 7 nitrogen and oxygen atoms in total. The lowest BCUT2D eigenvalue weighted by molar-refractivity contribution is 0.102. The second-order valence-electron chi connectivity index (χ2n) is 5.80. The second kappa shape index (κ2) is 7.55. The number of sulfone groups is 1. The van der Waals surface area contributed by atoms with Crippen LogP contribution in [0.5, 0.6) is 5.75 Å². The van der Waals surface area contributed by atoms with Gasteiger partial charge < -0.3 is 10.1 Å². The smallest absolute Gasteiger partial charge is 0.255 e. The van der Waals surface area contributed by atoms with E-state index in [-0.39, 0.29) is 10.9 Å². The maximum atomic E-state index is 12.4. The molecule has 0 aliphatic carbocycles. The fraction of sp³-hybridized carbons (Fsp3) is 0.105. The van der Waals surface area contributed by atoms with Crippen LogP contribution >= 0.6 is 0 Å². The first kappa shape index (κ1) is 18.5. The molecule has 3 aromatic rings. The molecule has 138 valence electrons. The summed E-state index contributed by atoms with van der Waals surface area (Å²) in [5, 5.41) is 10.4. The standard InChI is InChI=1S/C19H17N3O4S/c1-26-16-8-4-6-14(12-16)19(23)20-15-7-3-5-13(11-15)17-9-10-18(22-21-17)27(2,24)25/h3-12H,1-2H3,(H,20,23). The lowest BCUT2D eigenvalue weighted by atomic mass is 10.1. The Kier molecular flexibility index (Phi) is 5.18. The molecule has 0 aliphatic rings. The summed E-state index contributed by atoms with van der Waals surface area (Å²) in [5.74, 6) is 0.321. The van der Waals surface area contributed by atoms with Crippen molar-refractivity contribution in [3.8, 4) is 17.0 Å². The molecule has 3 rings (SSSR count). The highest BCUT2D eigenvalue weighted by molar-refractivity contribution is 7.90. The number of hydrogen-bond donors (Lipinski definition) is 1. The molecule has 0 fully saturated rings. The molecule has 8 heteroatoms. The van der Waals surface area contributed by atoms with Gasteiger partial charge in [0.15, 0.2) is 14.9 Å². The van der Waals surface area contributed by atoms with Gasteiger partial charge in [0.25, 0.3) is 5.91 Å². The van der Waals surface area contributed by atoms with Crippen LogP contribution in [0.4, 0.5) is 5.69 Å². The van der Waals surface area contributed by atoms with E-state index in [9.17, 15) is 13.2 Å². The van der Waals surface area contributed by atoms with Gasteiger partial charge in [0, 0.05) is 23.1 Å². The Morgan fingerprint density at radius 1 is 1.00 bits per heavy atom. The van der Waals surface area contributed by atoms with Crippen LogP contribution in [0.2, 0.25) is 0 Å². The quantitative estimate of drug-likeness (QED) is 0.727. The van der Waals surface area contributed by atoms with Crippen molar-refractivity contribution in [1.29, 1.82) is 0 Å². The summed E-state index contributed by atoms with van der Waals surface area (Å²) >= 11 is 0. The van der Waals surface area contributed by atoms with Crippen molar-refractivity contribution >= 4 is 21.4 Å². The minimum Gasteiger partial charge on any atom is -0.497 e. The first-order valence-electron chi connectivity index (χ1n) is 7.96. The van der Waals surface area contributed by atoms with Crippen LogP contribution in [0.15, 0.2) is 65.7 Å². The minimum atomic E-state index is -3.40. The molecule has 2 aromatic carbocycles. The molecule has 0 spiro atoms. The van der Waals surface area contributed by atoms with Gasteiger partial charge in [-0.05, 0) is 42.5 Å². The molecule has 27 heavy (non-hydrogen) atoms. The third-order valence-electron chi connectivity index (χ3n) is 3.77. The first-order chi connectivity index (χ1) is 12.9. The third kappa shape index (κ3) is 4.48. The van der Waals surface area contributed by atoms with Crippen LogP contribution in [0.1, 0.15) is 10.4 Å². The number of methoxy groups -OCH3 is 1. The zero-order valence-corrected chi connectivity index (χ0v) is 15.5. The Labute approximate surface area is 156 Å². The van der Waals surface area contributed by atoms with Crippen LogP contribution in [-0.4, -0.2) is 37.9 Å². The minimum absolute atomic E-state index is 0.0891. The highest BCUT2D eigenvalue weighted by Crippen LogP contribution is 2.22. The number of nitrogens with zero attached hydrogens (tertiary/aromatic N) is 2. The van der Waals surface area contributed by atoms with Gasteiger partial charge in [0.1, 0.15) is 5.75 Å². The van der Waals surface area contributed by atoms with Crippen LogP contribution in [0.3, 0.4) is 0 Å². The fourth-order valence-electron chi connectivity index (χ4n) is 2.40. The maximum absolute atomic E-state index is 12.4. The number of rotatable bonds is 5. The number of benzene rings is 2. The normalized spacial score (nSPS) is 11.0. The van der Waals surface area contributed by atoms with Gasteiger partial charge in [-0.3, -0.25) is 4.79 Å². The van der Waals surface area contributed by atoms with Gasteiger partial charge in [-0.25, -0.2) is 8.42 Å². The molecule has 0 bridgehead atoms. The lowest BCUT2D eigenvalue weighted by Crippen LogP contribution is -2.11. The number of amides is 1. The van der Waals surface area contributed by atoms with Gasteiger partial charge in [-0.1, -0.05) is 18.2 Å². The van der Waals surface area contributed by atoms with Crippen LogP contribution in [0.25, 0.3) is 11.3 Å². The largest absolute Gasteiger partial charge is 0.497 e. The van der Waals surface area contributed by atoms with Crippen LogP contribution < -0.4 is 10.1 Å². The summed E-state index contributed by atoms with van der Waals surface area (Å²) in [5.41, 5.74) is 2.25. The van der Waals surface area contributed by atoms with Crippen molar-refractivity contribution in [1.82, 2.24) is 10.2 Å². The summed E-state index contributed by atoms with van der Waals surface area (Å²) < 4.78 is 28.1. The maximum Gasteiger partial charge on any atom is 0.255 e. The first-order valence-corrected chi connectivity index (χ1v) is 9.85. The predicted molar refractivity (Wildman–Crippen MR) is 102 cm³/mol.